The lowest BCUT2D eigenvalue weighted by Crippen LogP contribution is -2.29. The van der Waals surface area contributed by atoms with Gasteiger partial charge in [0.2, 0.25) is 4.70 Å². The molecule has 3 rings (SSSR count). The van der Waals surface area contributed by atoms with Crippen molar-refractivity contribution in [2.75, 3.05) is 10.6 Å². The second-order valence-electron chi connectivity index (χ2n) is 5.93. The highest BCUT2D eigenvalue weighted by atomic mass is 79.9. The number of carboxylic acid groups (broad SMARTS) is 1. The third-order valence-electron chi connectivity index (χ3n) is 3.86. The fourth-order valence-corrected chi connectivity index (χ4v) is 5.13. The summed E-state index contributed by atoms with van der Waals surface area (Å²) in [6.45, 7) is 5.84. The highest BCUT2D eigenvalue weighted by molar-refractivity contribution is 9.10. The summed E-state index contributed by atoms with van der Waals surface area (Å²) in [6.07, 6.45) is -1.50. The van der Waals surface area contributed by atoms with Crippen molar-refractivity contribution in [3.63, 3.8) is 0 Å². The lowest BCUT2D eigenvalue weighted by Gasteiger charge is -2.10. The topological polar surface area (TPSA) is 94.2 Å². The van der Waals surface area contributed by atoms with E-state index in [0.717, 1.165) is 26.9 Å². The Bertz CT molecular complexity index is 1020. The minimum atomic E-state index is -1.50. The number of aromatic nitrogens is 1. The molecule has 1 atom stereocenters. The number of hydrogen-bond acceptors (Lipinski definition) is 4. The first-order valence-electron chi connectivity index (χ1n) is 7.75. The van der Waals surface area contributed by atoms with E-state index in [0.29, 0.717) is 10.2 Å². The number of amides is 2. The molecular weight excluding hydrogens is 418 g/mol. The van der Waals surface area contributed by atoms with Crippen molar-refractivity contribution < 1.29 is 14.7 Å². The summed E-state index contributed by atoms with van der Waals surface area (Å²) in [7, 11) is -1.20. The van der Waals surface area contributed by atoms with Crippen LogP contribution in [0.2, 0.25) is 0 Å². The summed E-state index contributed by atoms with van der Waals surface area (Å²) in [5.41, 5.74) is 4.28. The molecule has 1 heterocycles. The van der Waals surface area contributed by atoms with Crippen molar-refractivity contribution in [3.05, 3.63) is 51.5 Å². The smallest absolute Gasteiger partial charge is 0.464 e. The second kappa shape index (κ2) is 7.05. The summed E-state index contributed by atoms with van der Waals surface area (Å²) >= 11 is 3.38. The van der Waals surface area contributed by atoms with Gasteiger partial charge in [-0.3, -0.25) is 10.6 Å². The molecule has 2 aromatic carbocycles. The first-order chi connectivity index (χ1) is 12.3. The highest BCUT2D eigenvalue weighted by Crippen LogP contribution is 2.40. The predicted molar refractivity (Wildman–Crippen MR) is 106 cm³/mol. The van der Waals surface area contributed by atoms with Crippen LogP contribution in [-0.4, -0.2) is 16.3 Å². The van der Waals surface area contributed by atoms with Gasteiger partial charge in [0.05, 0.1) is 5.69 Å². The van der Waals surface area contributed by atoms with E-state index >= 15 is 0 Å². The van der Waals surface area contributed by atoms with Crippen LogP contribution in [0.15, 0.2) is 34.8 Å². The maximum atomic E-state index is 13.0. The van der Waals surface area contributed by atoms with Crippen LogP contribution in [0.25, 0.3) is 10.2 Å². The zero-order chi connectivity index (χ0) is 19.0. The van der Waals surface area contributed by atoms with Crippen LogP contribution in [0.1, 0.15) is 16.7 Å². The summed E-state index contributed by atoms with van der Waals surface area (Å²) in [5, 5.41) is 15.8. The zero-order valence-corrected chi connectivity index (χ0v) is 16.7. The Balaban J connectivity index is 2.10. The van der Waals surface area contributed by atoms with Crippen LogP contribution < -0.4 is 15.7 Å². The lowest BCUT2D eigenvalue weighted by atomic mass is 10.1. The van der Waals surface area contributed by atoms with Gasteiger partial charge in [0.15, 0.2) is 0 Å². The van der Waals surface area contributed by atoms with Crippen LogP contribution in [0.5, 0.6) is 0 Å². The Kier molecular flexibility index (Phi) is 4.97. The number of anilines is 2. The van der Waals surface area contributed by atoms with E-state index in [4.69, 9.17) is 0 Å². The molecule has 3 aromatic rings. The van der Waals surface area contributed by atoms with Gasteiger partial charge in [-0.2, -0.15) is 4.98 Å². The molecule has 6 nitrogen and oxygen atoms in total. The quantitative estimate of drug-likeness (QED) is 0.594. The molecular formula is C18H16BrN3O3S. The molecule has 2 amide bonds. The molecule has 2 N–H and O–H groups in total. The number of carbonyl (C=O) groups is 2. The summed E-state index contributed by atoms with van der Waals surface area (Å²) in [5.74, 6) is 0. The standard InChI is InChI=1S/C18H16BrN3O3S/c1-9-6-10(2)15(11(3)7-9)21-18(25)26-14-8-12(19)4-5-13(14)20-16(26)22-17(23)24/h4-8H,1-3H3,(H2-,20,21,22,23,24,25). The number of nitrogens with one attached hydrogen (secondary N) is 2. The van der Waals surface area contributed by atoms with Crippen molar-refractivity contribution in [1.29, 1.82) is 0 Å². The number of rotatable bonds is 3. The van der Waals surface area contributed by atoms with Gasteiger partial charge < -0.3 is 9.90 Å². The number of fused-ring (bicyclic) bond motifs is 1. The SMILES string of the molecule is Cc1cc(C)c(NC(=O)[s+]2c(NC(=O)[O-])nc3ccc(Br)cc32)c(C)c1. The van der Waals surface area contributed by atoms with E-state index in [1.54, 1.807) is 18.2 Å². The van der Waals surface area contributed by atoms with E-state index in [1.807, 2.05) is 32.9 Å². The van der Waals surface area contributed by atoms with Crippen molar-refractivity contribution in [1.82, 2.24) is 4.98 Å². The first kappa shape index (κ1) is 18.3. The van der Waals surface area contributed by atoms with Gasteiger partial charge in [0.25, 0.3) is 0 Å². The average molecular weight is 434 g/mol. The lowest BCUT2D eigenvalue weighted by molar-refractivity contribution is -0.242. The fourth-order valence-electron chi connectivity index (χ4n) is 2.89. The van der Waals surface area contributed by atoms with E-state index in [2.05, 4.69) is 31.5 Å². The van der Waals surface area contributed by atoms with Gasteiger partial charge in [0.1, 0.15) is 22.1 Å². The third kappa shape index (κ3) is 3.56. The van der Waals surface area contributed by atoms with Crippen molar-refractivity contribution in [2.45, 2.75) is 20.8 Å². The summed E-state index contributed by atoms with van der Waals surface area (Å²) in [4.78, 5) is 28.3. The Morgan fingerprint density at radius 3 is 2.35 bits per heavy atom. The van der Waals surface area contributed by atoms with E-state index in [9.17, 15) is 14.7 Å². The molecule has 1 aromatic heterocycles. The van der Waals surface area contributed by atoms with Crippen LogP contribution in [0, 0.1) is 20.8 Å². The minimum Gasteiger partial charge on any atom is -0.530 e. The normalized spacial score (nSPS) is 11.5. The van der Waals surface area contributed by atoms with Gasteiger partial charge in [0, 0.05) is 10.5 Å². The molecule has 0 bridgehead atoms. The fraction of sp³-hybridized carbons (Fsp3) is 0.167. The summed E-state index contributed by atoms with van der Waals surface area (Å²) in [6, 6.07) is 9.27. The van der Waals surface area contributed by atoms with Crippen molar-refractivity contribution in [2.24, 2.45) is 0 Å². The molecule has 0 saturated carbocycles. The Morgan fingerprint density at radius 1 is 1.08 bits per heavy atom. The number of hydrogen-bond donors (Lipinski definition) is 2. The Morgan fingerprint density at radius 2 is 1.73 bits per heavy atom. The number of benzene rings is 2. The third-order valence-corrected chi connectivity index (χ3v) is 6.17. The molecule has 0 fully saturated rings. The van der Waals surface area contributed by atoms with Crippen LogP contribution >= 0.6 is 26.4 Å². The average Bonchev–Trinajstić information content (AvgIpc) is 2.86. The van der Waals surface area contributed by atoms with Crippen molar-refractivity contribution >= 4 is 58.8 Å². The van der Waals surface area contributed by atoms with E-state index in [1.165, 1.54) is 0 Å². The second-order valence-corrected chi connectivity index (χ2v) is 8.66. The first-order valence-corrected chi connectivity index (χ1v) is 9.77. The van der Waals surface area contributed by atoms with Crippen LogP contribution in [-0.2, 0) is 0 Å². The van der Waals surface area contributed by atoms with Crippen LogP contribution in [0.4, 0.5) is 20.4 Å². The van der Waals surface area contributed by atoms with Gasteiger partial charge in [-0.15, -0.1) is 0 Å². The number of thiazole rings is 1. The molecule has 0 saturated heterocycles. The molecule has 0 aliphatic carbocycles. The van der Waals surface area contributed by atoms with Gasteiger partial charge in [-0.25, -0.2) is 4.79 Å². The van der Waals surface area contributed by atoms with E-state index in [-0.39, 0.29) is 10.4 Å². The predicted octanol–water partition coefficient (Wildman–Crippen LogP) is 4.51. The molecule has 0 aliphatic rings. The molecule has 0 spiro atoms. The number of aryl methyl sites for hydroxylation is 3. The molecule has 1 unspecified atom stereocenters. The molecule has 26 heavy (non-hydrogen) atoms. The molecule has 0 radical (unpaired) electrons. The molecule has 134 valence electrons. The zero-order valence-electron chi connectivity index (χ0n) is 14.3. The highest BCUT2D eigenvalue weighted by Gasteiger charge is 2.32. The number of nitrogens with zero attached hydrogens (tertiary/aromatic N) is 1. The van der Waals surface area contributed by atoms with Crippen LogP contribution in [0.3, 0.4) is 0 Å². The largest absolute Gasteiger partial charge is 0.530 e. The van der Waals surface area contributed by atoms with E-state index < -0.39 is 16.6 Å². The summed E-state index contributed by atoms with van der Waals surface area (Å²) < 4.78 is 1.44. The maximum absolute atomic E-state index is 13.0. The molecule has 0 aliphatic heterocycles. The number of carbonyl (C=O) groups excluding carboxylic acids is 2. The van der Waals surface area contributed by atoms with Gasteiger partial charge >= 0.3 is 10.4 Å². The molecule has 8 heteroatoms. The number of halogens is 1. The minimum absolute atomic E-state index is 0.0676. The Hall–Kier alpha value is -2.45. The monoisotopic (exact) mass is 433 g/mol. The van der Waals surface area contributed by atoms with Gasteiger partial charge in [-0.05, 0) is 44.0 Å². The maximum Gasteiger partial charge on any atom is 0.464 e. The van der Waals surface area contributed by atoms with Gasteiger partial charge in [-0.1, -0.05) is 33.6 Å². The Labute approximate surface area is 161 Å². The van der Waals surface area contributed by atoms with Crippen molar-refractivity contribution in [3.8, 4) is 0 Å².